The zero-order valence-corrected chi connectivity index (χ0v) is 23.5. The van der Waals surface area contributed by atoms with Crippen molar-refractivity contribution in [3.05, 3.63) is 130 Å². The van der Waals surface area contributed by atoms with Gasteiger partial charge in [-0.15, -0.1) is 13.2 Å². The van der Waals surface area contributed by atoms with Gasteiger partial charge in [0, 0.05) is 18.1 Å². The van der Waals surface area contributed by atoms with Gasteiger partial charge in [0.05, 0.1) is 11.1 Å². The predicted octanol–water partition coefficient (Wildman–Crippen LogP) is 9.17. The summed E-state index contributed by atoms with van der Waals surface area (Å²) in [5.41, 5.74) is -6.50. The zero-order chi connectivity index (χ0) is 35.7. The van der Waals surface area contributed by atoms with Crippen molar-refractivity contribution in [2.24, 2.45) is 0 Å². The number of benzene rings is 4. The van der Waals surface area contributed by atoms with Gasteiger partial charge in [-0.05, 0) is 59.2 Å². The van der Waals surface area contributed by atoms with Gasteiger partial charge in [-0.2, -0.15) is 30.7 Å². The zero-order valence-electron chi connectivity index (χ0n) is 23.5. The van der Waals surface area contributed by atoms with Crippen molar-refractivity contribution < 1.29 is 71.3 Å². The van der Waals surface area contributed by atoms with Crippen LogP contribution in [0.1, 0.15) is 32.6 Å². The van der Waals surface area contributed by atoms with Crippen LogP contribution >= 0.6 is 0 Å². The average Bonchev–Trinajstić information content (AvgIpc) is 2.96. The number of carbonyl (C=O) groups excluding carboxylic acids is 1. The fraction of sp³-hybridized carbons (Fsp3) is 0.194. The van der Waals surface area contributed by atoms with Crippen LogP contribution in [0.2, 0.25) is 0 Å². The van der Waals surface area contributed by atoms with Crippen molar-refractivity contribution in [3.63, 3.8) is 0 Å². The van der Waals surface area contributed by atoms with E-state index < -0.39 is 94.1 Å². The first-order chi connectivity index (χ1) is 22.2. The van der Waals surface area contributed by atoms with Crippen molar-refractivity contribution >= 4 is 5.91 Å². The number of amides is 1. The lowest BCUT2D eigenvalue weighted by Gasteiger charge is -2.37. The minimum atomic E-state index is -5.49. The highest BCUT2D eigenvalue weighted by molar-refractivity contribution is 5.95. The third-order valence-electron chi connectivity index (χ3n) is 6.69. The van der Waals surface area contributed by atoms with Crippen LogP contribution in [0.15, 0.2) is 84.9 Å². The largest absolute Gasteiger partial charge is 0.573 e. The lowest BCUT2D eigenvalue weighted by Crippen LogP contribution is -2.49. The van der Waals surface area contributed by atoms with Crippen LogP contribution in [0, 0.1) is 17.5 Å². The molecule has 1 atom stereocenters. The second-order valence-electron chi connectivity index (χ2n) is 10.0. The Morgan fingerprint density at radius 2 is 1.35 bits per heavy atom. The van der Waals surface area contributed by atoms with Gasteiger partial charge in [-0.3, -0.25) is 4.79 Å². The topological polar surface area (TPSA) is 47.6 Å². The fourth-order valence-corrected chi connectivity index (χ4v) is 4.65. The quantitative estimate of drug-likeness (QED) is 0.168. The molecule has 1 amide bonds. The van der Waals surface area contributed by atoms with Crippen LogP contribution in [0.3, 0.4) is 0 Å². The number of hydrogen-bond donors (Lipinski definition) is 1. The Balaban J connectivity index is 2.03. The smallest absolute Gasteiger partial charge is 0.428 e. The van der Waals surface area contributed by atoms with Gasteiger partial charge in [-0.25, -0.2) is 13.2 Å². The molecule has 0 saturated heterocycles. The maximum absolute atomic E-state index is 15.0. The molecule has 0 bridgehead atoms. The molecular weight excluding hydrogens is 681 g/mol. The highest BCUT2D eigenvalue weighted by Crippen LogP contribution is 2.41. The van der Waals surface area contributed by atoms with E-state index >= 15 is 4.39 Å². The summed E-state index contributed by atoms with van der Waals surface area (Å²) in [6, 6.07) is 10.8. The molecule has 0 saturated carbocycles. The van der Waals surface area contributed by atoms with E-state index in [9.17, 15) is 57.5 Å². The summed E-state index contributed by atoms with van der Waals surface area (Å²) >= 11 is 0. The molecule has 0 heterocycles. The van der Waals surface area contributed by atoms with Crippen molar-refractivity contribution in [1.82, 2.24) is 5.32 Å². The number of halogens is 13. The maximum Gasteiger partial charge on any atom is 0.573 e. The Labute approximate surface area is 261 Å². The van der Waals surface area contributed by atoms with E-state index in [1.54, 1.807) is 0 Å². The van der Waals surface area contributed by atoms with Gasteiger partial charge in [0.15, 0.2) is 11.6 Å². The van der Waals surface area contributed by atoms with Gasteiger partial charge in [0.2, 0.25) is 0 Å². The maximum atomic E-state index is 15.0. The van der Waals surface area contributed by atoms with Crippen molar-refractivity contribution in [1.29, 1.82) is 0 Å². The van der Waals surface area contributed by atoms with Gasteiger partial charge >= 0.3 is 25.1 Å². The first-order valence-corrected chi connectivity index (χ1v) is 13.2. The minimum Gasteiger partial charge on any atom is -0.428 e. The summed E-state index contributed by atoms with van der Waals surface area (Å²) in [7, 11) is 0. The molecule has 0 aromatic heterocycles. The Hall–Kier alpha value is -4.96. The molecule has 4 aromatic rings. The molecule has 0 fully saturated rings. The molecule has 4 nitrogen and oxygen atoms in total. The second-order valence-corrected chi connectivity index (χ2v) is 10.0. The molecule has 4 rings (SSSR count). The van der Waals surface area contributed by atoms with Crippen molar-refractivity contribution in [3.8, 4) is 11.5 Å². The number of nitrogens with one attached hydrogen (secondary N) is 1. The van der Waals surface area contributed by atoms with E-state index in [4.69, 9.17) is 0 Å². The van der Waals surface area contributed by atoms with E-state index in [-0.39, 0.29) is 23.8 Å². The van der Waals surface area contributed by atoms with Crippen LogP contribution in [0.5, 0.6) is 11.5 Å². The Morgan fingerprint density at radius 1 is 0.708 bits per heavy atom. The number of carbonyl (C=O) groups is 1. The van der Waals surface area contributed by atoms with Crippen LogP contribution in [0.25, 0.3) is 0 Å². The highest BCUT2D eigenvalue weighted by Gasteiger charge is 2.45. The fourth-order valence-electron chi connectivity index (χ4n) is 4.65. The molecule has 4 aromatic carbocycles. The standard InChI is InChI=1S/C31H18F13NO3/c32-20-11-19(12-21(14-20)47-30(40,41)27(35)36)28(15-16-4-2-1-3-5-16,18-7-9-24(34)25(13-18)48-31(42,43)44)45-26(46)17-6-8-23(33)22(10-17)29(37,38)39/h1-14,27H,15H2,(H,45,46)/t28-/m1/s1. The summed E-state index contributed by atoms with van der Waals surface area (Å²) in [6.07, 6.45) is -21.1. The monoisotopic (exact) mass is 699 g/mol. The normalized spacial score (nSPS) is 13.6. The molecule has 0 aliphatic carbocycles. The summed E-state index contributed by atoms with van der Waals surface area (Å²) < 4.78 is 185. The third kappa shape index (κ3) is 8.30. The number of hydrogen-bond acceptors (Lipinski definition) is 3. The number of ether oxygens (including phenoxy) is 2. The summed E-state index contributed by atoms with van der Waals surface area (Å²) in [5.74, 6) is -9.17. The van der Waals surface area contributed by atoms with Gasteiger partial charge in [0.1, 0.15) is 17.4 Å². The second kappa shape index (κ2) is 13.3. The van der Waals surface area contributed by atoms with E-state index in [2.05, 4.69) is 14.8 Å². The Kier molecular flexibility index (Phi) is 9.92. The predicted molar refractivity (Wildman–Crippen MR) is 141 cm³/mol. The number of rotatable bonds is 10. The van der Waals surface area contributed by atoms with Crippen LogP contribution < -0.4 is 14.8 Å². The van der Waals surface area contributed by atoms with Crippen LogP contribution in [0.4, 0.5) is 57.1 Å². The minimum absolute atomic E-state index is 0.0874. The highest BCUT2D eigenvalue weighted by atomic mass is 19.4. The van der Waals surface area contributed by atoms with Gasteiger partial charge in [-0.1, -0.05) is 36.4 Å². The van der Waals surface area contributed by atoms with Crippen molar-refractivity contribution in [2.75, 3.05) is 0 Å². The van der Waals surface area contributed by atoms with Crippen LogP contribution in [-0.2, 0) is 18.1 Å². The summed E-state index contributed by atoms with van der Waals surface area (Å²) in [5, 5.41) is 2.23. The molecule has 0 unspecified atom stereocenters. The molecule has 0 aliphatic heterocycles. The first-order valence-electron chi connectivity index (χ1n) is 13.2. The van der Waals surface area contributed by atoms with E-state index in [1.165, 1.54) is 30.3 Å². The molecular formula is C31H18F13NO3. The first kappa shape index (κ1) is 35.9. The molecule has 1 N–H and O–H groups in total. The lowest BCUT2D eigenvalue weighted by atomic mass is 9.77. The van der Waals surface area contributed by atoms with Crippen LogP contribution in [-0.4, -0.2) is 24.8 Å². The van der Waals surface area contributed by atoms with E-state index in [0.717, 1.165) is 6.07 Å². The average molecular weight is 699 g/mol. The third-order valence-corrected chi connectivity index (χ3v) is 6.69. The Morgan fingerprint density at radius 3 is 1.96 bits per heavy atom. The molecule has 256 valence electrons. The summed E-state index contributed by atoms with van der Waals surface area (Å²) in [6.45, 7) is 0. The summed E-state index contributed by atoms with van der Waals surface area (Å²) in [4.78, 5) is 13.6. The molecule has 48 heavy (non-hydrogen) atoms. The SMILES string of the molecule is O=C(N[C@@](Cc1ccccc1)(c1cc(F)cc(OC(F)(F)C(F)F)c1)c1ccc(F)c(OC(F)(F)F)c1)c1ccc(F)c(C(F)(F)F)c1. The molecule has 0 radical (unpaired) electrons. The van der Waals surface area contributed by atoms with E-state index in [0.29, 0.717) is 30.3 Å². The van der Waals surface area contributed by atoms with Gasteiger partial charge < -0.3 is 14.8 Å². The molecule has 17 heteroatoms. The molecule has 0 aliphatic rings. The Bertz CT molecular complexity index is 1780. The molecule has 0 spiro atoms. The van der Waals surface area contributed by atoms with E-state index in [1.807, 2.05) is 0 Å². The van der Waals surface area contributed by atoms with Gasteiger partial charge in [0.25, 0.3) is 5.91 Å². The number of alkyl halides is 10. The lowest BCUT2D eigenvalue weighted by molar-refractivity contribution is -0.275. The van der Waals surface area contributed by atoms with Crippen molar-refractivity contribution in [2.45, 2.75) is 37.0 Å².